The number of nitrogens with zero attached hydrogens (tertiary/aromatic N) is 5. The van der Waals surface area contributed by atoms with Gasteiger partial charge in [-0.1, -0.05) is 5.21 Å². The summed E-state index contributed by atoms with van der Waals surface area (Å²) in [4.78, 5) is 20.3. The molecule has 0 bridgehead atoms. The van der Waals surface area contributed by atoms with E-state index < -0.39 is 0 Å². The largest absolute Gasteiger partial charge is 0.475 e. The highest BCUT2D eigenvalue weighted by molar-refractivity contribution is 5.93. The van der Waals surface area contributed by atoms with Gasteiger partial charge in [-0.15, -0.1) is 5.10 Å². The maximum Gasteiger partial charge on any atom is 0.253 e. The summed E-state index contributed by atoms with van der Waals surface area (Å²) in [6, 6.07) is 7.00. The van der Waals surface area contributed by atoms with Crippen LogP contribution >= 0.6 is 0 Å². The fourth-order valence-corrected chi connectivity index (χ4v) is 2.10. The smallest absolute Gasteiger partial charge is 0.253 e. The Kier molecular flexibility index (Phi) is 4.98. The van der Waals surface area contributed by atoms with E-state index >= 15 is 0 Å². The zero-order chi connectivity index (χ0) is 17.6. The molecule has 0 radical (unpaired) electrons. The highest BCUT2D eigenvalue weighted by Crippen LogP contribution is 2.10. The van der Waals surface area contributed by atoms with Crippen molar-refractivity contribution in [3.05, 3.63) is 60.3 Å². The highest BCUT2D eigenvalue weighted by atomic mass is 16.5. The number of hydrogen-bond donors (Lipinski definition) is 1. The molecule has 1 N–H and O–H groups in total. The predicted molar refractivity (Wildman–Crippen MR) is 90.3 cm³/mol. The van der Waals surface area contributed by atoms with Crippen LogP contribution in [0.1, 0.15) is 29.9 Å². The predicted octanol–water partition coefficient (Wildman–Crippen LogP) is 1.77. The lowest BCUT2D eigenvalue weighted by atomic mass is 10.2. The Labute approximate surface area is 144 Å². The van der Waals surface area contributed by atoms with Crippen LogP contribution in [0.4, 0.5) is 0 Å². The fourth-order valence-electron chi connectivity index (χ4n) is 2.10. The van der Waals surface area contributed by atoms with Crippen molar-refractivity contribution < 1.29 is 9.53 Å². The molecular weight excluding hydrogens is 320 g/mol. The Bertz CT molecular complexity index is 830. The molecule has 0 aliphatic carbocycles. The number of hydrogen-bond acceptors (Lipinski definition) is 6. The van der Waals surface area contributed by atoms with Crippen molar-refractivity contribution in [2.24, 2.45) is 0 Å². The van der Waals surface area contributed by atoms with Crippen LogP contribution in [0.2, 0.25) is 0 Å². The summed E-state index contributed by atoms with van der Waals surface area (Å²) >= 11 is 0. The van der Waals surface area contributed by atoms with E-state index in [2.05, 4.69) is 25.6 Å². The maximum absolute atomic E-state index is 12.2. The van der Waals surface area contributed by atoms with Crippen LogP contribution in [-0.2, 0) is 6.54 Å². The SMILES string of the molecule is CC(C)Oc1ccc(C(=O)NCc2cn(-c3ccncc3)nn2)cn1. The summed E-state index contributed by atoms with van der Waals surface area (Å²) in [7, 11) is 0. The second-order valence-corrected chi connectivity index (χ2v) is 5.59. The topological polar surface area (TPSA) is 94.8 Å². The molecule has 8 heteroatoms. The van der Waals surface area contributed by atoms with Crippen molar-refractivity contribution in [3.63, 3.8) is 0 Å². The van der Waals surface area contributed by atoms with Crippen LogP contribution in [0.15, 0.2) is 49.1 Å². The molecule has 0 saturated heterocycles. The van der Waals surface area contributed by atoms with Crippen molar-refractivity contribution >= 4 is 5.91 Å². The third-order valence-electron chi connectivity index (χ3n) is 3.25. The van der Waals surface area contributed by atoms with Gasteiger partial charge < -0.3 is 10.1 Å². The lowest BCUT2D eigenvalue weighted by Gasteiger charge is -2.08. The van der Waals surface area contributed by atoms with Gasteiger partial charge in [-0.05, 0) is 32.0 Å². The summed E-state index contributed by atoms with van der Waals surface area (Å²) in [6.07, 6.45) is 6.64. The number of carbonyl (C=O) groups is 1. The molecule has 0 aromatic carbocycles. The molecular formula is C17H18N6O2. The second-order valence-electron chi connectivity index (χ2n) is 5.59. The molecule has 3 rings (SSSR count). The first-order chi connectivity index (χ1) is 12.1. The van der Waals surface area contributed by atoms with Gasteiger partial charge in [0.05, 0.1) is 30.1 Å². The van der Waals surface area contributed by atoms with E-state index in [9.17, 15) is 4.79 Å². The zero-order valence-electron chi connectivity index (χ0n) is 14.0. The van der Waals surface area contributed by atoms with E-state index in [1.54, 1.807) is 35.4 Å². The van der Waals surface area contributed by atoms with Gasteiger partial charge in [0.25, 0.3) is 5.91 Å². The summed E-state index contributed by atoms with van der Waals surface area (Å²) in [6.45, 7) is 4.11. The molecule has 0 saturated carbocycles. The van der Waals surface area contributed by atoms with Gasteiger partial charge >= 0.3 is 0 Å². The van der Waals surface area contributed by atoms with Gasteiger partial charge in [0.15, 0.2) is 0 Å². The van der Waals surface area contributed by atoms with Crippen LogP contribution in [-0.4, -0.2) is 37.0 Å². The Morgan fingerprint density at radius 2 is 2.04 bits per heavy atom. The first kappa shape index (κ1) is 16.6. The lowest BCUT2D eigenvalue weighted by Crippen LogP contribution is -2.23. The third-order valence-corrected chi connectivity index (χ3v) is 3.25. The molecule has 0 aliphatic heterocycles. The average molecular weight is 338 g/mol. The molecule has 0 atom stereocenters. The Morgan fingerprint density at radius 3 is 2.72 bits per heavy atom. The minimum Gasteiger partial charge on any atom is -0.475 e. The number of carbonyl (C=O) groups excluding carboxylic acids is 1. The minimum atomic E-state index is -0.234. The average Bonchev–Trinajstić information content (AvgIpc) is 3.10. The van der Waals surface area contributed by atoms with Crippen molar-refractivity contribution in [2.75, 3.05) is 0 Å². The highest BCUT2D eigenvalue weighted by Gasteiger charge is 2.09. The quantitative estimate of drug-likeness (QED) is 0.736. The first-order valence-corrected chi connectivity index (χ1v) is 7.84. The Hall–Kier alpha value is -3.29. The molecule has 0 unspecified atom stereocenters. The Morgan fingerprint density at radius 1 is 1.24 bits per heavy atom. The molecule has 0 aliphatic rings. The number of rotatable bonds is 6. The minimum absolute atomic E-state index is 0.0372. The van der Waals surface area contributed by atoms with Crippen molar-refractivity contribution in [2.45, 2.75) is 26.5 Å². The van der Waals surface area contributed by atoms with Gasteiger partial charge in [-0.2, -0.15) is 0 Å². The standard InChI is InChI=1S/C17H18N6O2/c1-12(2)25-16-4-3-13(9-19-16)17(24)20-10-14-11-23(22-21-14)15-5-7-18-8-6-15/h3-9,11-12H,10H2,1-2H3,(H,20,24). The van der Waals surface area contributed by atoms with Gasteiger partial charge in [0.2, 0.25) is 5.88 Å². The van der Waals surface area contributed by atoms with Crippen LogP contribution in [0, 0.1) is 0 Å². The van der Waals surface area contributed by atoms with Gasteiger partial charge in [0, 0.05) is 24.7 Å². The van der Waals surface area contributed by atoms with Crippen molar-refractivity contribution in [3.8, 4) is 11.6 Å². The van der Waals surface area contributed by atoms with E-state index in [1.807, 2.05) is 26.0 Å². The van der Waals surface area contributed by atoms with E-state index in [1.165, 1.54) is 6.20 Å². The summed E-state index contributed by atoms with van der Waals surface area (Å²) in [5, 5.41) is 10.9. The van der Waals surface area contributed by atoms with E-state index in [-0.39, 0.29) is 18.6 Å². The van der Waals surface area contributed by atoms with Gasteiger partial charge in [0.1, 0.15) is 5.69 Å². The molecule has 8 nitrogen and oxygen atoms in total. The molecule has 0 fully saturated rings. The van der Waals surface area contributed by atoms with Crippen LogP contribution in [0.5, 0.6) is 5.88 Å². The molecule has 1 amide bonds. The second kappa shape index (κ2) is 7.52. The normalized spacial score (nSPS) is 10.7. The first-order valence-electron chi connectivity index (χ1n) is 7.84. The summed E-state index contributed by atoms with van der Waals surface area (Å²) < 4.78 is 7.08. The number of amides is 1. The lowest BCUT2D eigenvalue weighted by molar-refractivity contribution is 0.0950. The fraction of sp³-hybridized carbons (Fsp3) is 0.235. The molecule has 128 valence electrons. The van der Waals surface area contributed by atoms with Crippen molar-refractivity contribution in [1.29, 1.82) is 0 Å². The van der Waals surface area contributed by atoms with Crippen molar-refractivity contribution in [1.82, 2.24) is 30.3 Å². The van der Waals surface area contributed by atoms with Crippen LogP contribution in [0.3, 0.4) is 0 Å². The van der Waals surface area contributed by atoms with Crippen LogP contribution < -0.4 is 10.1 Å². The van der Waals surface area contributed by atoms with E-state index in [0.717, 1.165) is 5.69 Å². The number of pyridine rings is 2. The van der Waals surface area contributed by atoms with E-state index in [0.29, 0.717) is 17.1 Å². The molecule has 3 aromatic rings. The van der Waals surface area contributed by atoms with Gasteiger partial charge in [-0.3, -0.25) is 9.78 Å². The van der Waals surface area contributed by atoms with E-state index in [4.69, 9.17) is 4.74 Å². The third kappa shape index (κ3) is 4.37. The maximum atomic E-state index is 12.2. The number of ether oxygens (including phenoxy) is 1. The zero-order valence-corrected chi connectivity index (χ0v) is 14.0. The number of aromatic nitrogens is 5. The number of nitrogens with one attached hydrogen (secondary N) is 1. The monoisotopic (exact) mass is 338 g/mol. The molecule has 3 heterocycles. The van der Waals surface area contributed by atoms with Crippen LogP contribution in [0.25, 0.3) is 5.69 Å². The molecule has 25 heavy (non-hydrogen) atoms. The Balaban J connectivity index is 1.58. The molecule has 0 spiro atoms. The summed E-state index contributed by atoms with van der Waals surface area (Å²) in [5.74, 6) is 0.258. The summed E-state index contributed by atoms with van der Waals surface area (Å²) in [5.41, 5.74) is 1.96. The van der Waals surface area contributed by atoms with Gasteiger partial charge in [-0.25, -0.2) is 9.67 Å². The molecule has 3 aromatic heterocycles.